The Morgan fingerprint density at radius 2 is 2.00 bits per heavy atom. The van der Waals surface area contributed by atoms with E-state index in [1.807, 2.05) is 0 Å². The summed E-state index contributed by atoms with van der Waals surface area (Å²) in [6.07, 6.45) is 1.43. The fourth-order valence-electron chi connectivity index (χ4n) is 2.81. The molecule has 2 amide bonds. The van der Waals surface area contributed by atoms with Crippen LogP contribution in [0.15, 0.2) is 35.5 Å². The summed E-state index contributed by atoms with van der Waals surface area (Å²) in [5, 5.41) is 5.09. The molecule has 2 N–H and O–H groups in total. The van der Waals surface area contributed by atoms with Gasteiger partial charge in [-0.2, -0.15) is 4.31 Å². The number of sulfonamides is 1. The zero-order valence-corrected chi connectivity index (χ0v) is 15.2. The summed E-state index contributed by atoms with van der Waals surface area (Å²) in [7, 11) is -2.49. The monoisotopic (exact) mass is 377 g/mol. The molecule has 1 aliphatic heterocycles. The summed E-state index contributed by atoms with van der Waals surface area (Å²) in [5.41, 5.74) is 0.944. The molecule has 10 heteroatoms. The third-order valence-corrected chi connectivity index (χ3v) is 5.93. The van der Waals surface area contributed by atoms with E-state index in [9.17, 15) is 18.0 Å². The average molecular weight is 377 g/mol. The first-order chi connectivity index (χ1) is 12.4. The molecule has 0 aliphatic carbocycles. The summed E-state index contributed by atoms with van der Waals surface area (Å²) in [6, 6.07) is 6.44. The molecular formula is C16H19N5O4S. The largest absolute Gasteiger partial charge is 0.358 e. The Labute approximate surface area is 151 Å². The molecular weight excluding hydrogens is 358 g/mol. The highest BCUT2D eigenvalue weighted by Gasteiger charge is 2.35. The normalized spacial score (nSPS) is 15.5. The Morgan fingerprint density at radius 1 is 1.27 bits per heavy atom. The predicted molar refractivity (Wildman–Crippen MR) is 93.2 cm³/mol. The highest BCUT2D eigenvalue weighted by atomic mass is 32.2. The molecule has 1 aliphatic rings. The van der Waals surface area contributed by atoms with Crippen LogP contribution in [0.3, 0.4) is 0 Å². The van der Waals surface area contributed by atoms with Gasteiger partial charge in [0, 0.05) is 13.6 Å². The standard InChI is InChI=1S/C16H19N5O4S/c1-3-18-16(23)15-12-8-20(9-14(22)17-2)26(24,25)13-7-5-4-6-11(13)21(12)10-19-15/h4-7,10H,3,8-9H2,1-2H3,(H,17,22)(H,18,23). The topological polar surface area (TPSA) is 113 Å². The molecule has 26 heavy (non-hydrogen) atoms. The molecule has 0 saturated heterocycles. The molecule has 2 aromatic rings. The van der Waals surface area contributed by atoms with Crippen LogP contribution in [-0.2, 0) is 21.4 Å². The van der Waals surface area contributed by atoms with Crippen molar-refractivity contribution in [3.05, 3.63) is 42.0 Å². The Kier molecular flexibility index (Phi) is 4.79. The maximum absolute atomic E-state index is 13.1. The smallest absolute Gasteiger partial charge is 0.271 e. The lowest BCUT2D eigenvalue weighted by Crippen LogP contribution is -2.39. The zero-order chi connectivity index (χ0) is 18.9. The van der Waals surface area contributed by atoms with Gasteiger partial charge in [0.15, 0.2) is 5.69 Å². The van der Waals surface area contributed by atoms with E-state index in [1.165, 1.54) is 19.4 Å². The van der Waals surface area contributed by atoms with Gasteiger partial charge in [0.2, 0.25) is 15.9 Å². The van der Waals surface area contributed by atoms with Gasteiger partial charge in [-0.05, 0) is 19.1 Å². The number of likely N-dealkylation sites (N-methyl/N-ethyl adjacent to an activating group) is 1. The van der Waals surface area contributed by atoms with Crippen LogP contribution >= 0.6 is 0 Å². The van der Waals surface area contributed by atoms with Crippen LogP contribution in [0.2, 0.25) is 0 Å². The molecule has 0 saturated carbocycles. The summed E-state index contributed by atoms with van der Waals surface area (Å²) < 4.78 is 28.8. The van der Waals surface area contributed by atoms with E-state index in [-0.39, 0.29) is 23.7 Å². The Morgan fingerprint density at radius 3 is 2.69 bits per heavy atom. The summed E-state index contributed by atoms with van der Waals surface area (Å²) in [6.45, 7) is 1.70. The van der Waals surface area contributed by atoms with Crippen molar-refractivity contribution in [2.75, 3.05) is 20.1 Å². The number of para-hydroxylation sites is 1. The van der Waals surface area contributed by atoms with E-state index in [1.54, 1.807) is 29.7 Å². The van der Waals surface area contributed by atoms with Crippen molar-refractivity contribution in [2.45, 2.75) is 18.4 Å². The van der Waals surface area contributed by atoms with E-state index in [4.69, 9.17) is 0 Å². The summed E-state index contributed by atoms with van der Waals surface area (Å²) >= 11 is 0. The zero-order valence-electron chi connectivity index (χ0n) is 14.4. The highest BCUT2D eigenvalue weighted by molar-refractivity contribution is 7.89. The van der Waals surface area contributed by atoms with Gasteiger partial charge >= 0.3 is 0 Å². The molecule has 3 rings (SSSR count). The number of aromatic nitrogens is 2. The van der Waals surface area contributed by atoms with E-state index in [0.29, 0.717) is 17.9 Å². The minimum atomic E-state index is -3.92. The lowest BCUT2D eigenvalue weighted by Gasteiger charge is -2.19. The quantitative estimate of drug-likeness (QED) is 0.771. The number of imidazole rings is 1. The third-order valence-electron chi connectivity index (χ3n) is 4.09. The van der Waals surface area contributed by atoms with Gasteiger partial charge in [-0.3, -0.25) is 14.2 Å². The van der Waals surface area contributed by atoms with Crippen LogP contribution in [-0.4, -0.2) is 54.2 Å². The van der Waals surface area contributed by atoms with Crippen LogP contribution < -0.4 is 10.6 Å². The maximum Gasteiger partial charge on any atom is 0.271 e. The molecule has 0 bridgehead atoms. The molecule has 0 spiro atoms. The molecule has 9 nitrogen and oxygen atoms in total. The van der Waals surface area contributed by atoms with E-state index in [2.05, 4.69) is 15.6 Å². The lowest BCUT2D eigenvalue weighted by molar-refractivity contribution is -0.120. The fourth-order valence-corrected chi connectivity index (χ4v) is 4.35. The minimum Gasteiger partial charge on any atom is -0.358 e. The van der Waals surface area contributed by atoms with Gasteiger partial charge in [-0.1, -0.05) is 12.1 Å². The second kappa shape index (κ2) is 6.89. The lowest BCUT2D eigenvalue weighted by atomic mass is 10.2. The van der Waals surface area contributed by atoms with E-state index < -0.39 is 21.8 Å². The van der Waals surface area contributed by atoms with Crippen molar-refractivity contribution in [1.82, 2.24) is 24.5 Å². The van der Waals surface area contributed by atoms with Crippen LogP contribution in [0, 0.1) is 0 Å². The number of nitrogens with zero attached hydrogens (tertiary/aromatic N) is 3. The first-order valence-electron chi connectivity index (χ1n) is 8.04. The number of hydrogen-bond donors (Lipinski definition) is 2. The Hall–Kier alpha value is -2.72. The first-order valence-corrected chi connectivity index (χ1v) is 9.48. The van der Waals surface area contributed by atoms with Crippen molar-refractivity contribution in [3.8, 4) is 5.69 Å². The maximum atomic E-state index is 13.1. The van der Waals surface area contributed by atoms with Crippen molar-refractivity contribution in [3.63, 3.8) is 0 Å². The van der Waals surface area contributed by atoms with Gasteiger partial charge in [0.05, 0.1) is 24.5 Å². The summed E-state index contributed by atoms with van der Waals surface area (Å²) in [4.78, 5) is 28.4. The van der Waals surface area contributed by atoms with Crippen LogP contribution in [0.1, 0.15) is 23.1 Å². The van der Waals surface area contributed by atoms with Crippen molar-refractivity contribution in [2.24, 2.45) is 0 Å². The molecule has 0 radical (unpaired) electrons. The van der Waals surface area contributed by atoms with E-state index >= 15 is 0 Å². The number of amides is 2. The van der Waals surface area contributed by atoms with Crippen LogP contribution in [0.25, 0.3) is 5.69 Å². The predicted octanol–water partition coefficient (Wildman–Crippen LogP) is -0.128. The van der Waals surface area contributed by atoms with Crippen LogP contribution in [0.4, 0.5) is 0 Å². The molecule has 0 atom stereocenters. The second-order valence-electron chi connectivity index (χ2n) is 5.68. The number of benzene rings is 1. The Balaban J connectivity index is 2.20. The molecule has 0 fully saturated rings. The average Bonchev–Trinajstić information content (AvgIpc) is 3.01. The molecule has 1 aromatic heterocycles. The van der Waals surface area contributed by atoms with Gasteiger partial charge in [-0.15, -0.1) is 0 Å². The van der Waals surface area contributed by atoms with Crippen molar-refractivity contribution in [1.29, 1.82) is 0 Å². The SMILES string of the molecule is CCNC(=O)c1ncn2c1CN(CC(=O)NC)S(=O)(=O)c1ccccc1-2. The number of fused-ring (bicyclic) bond motifs is 3. The Bertz CT molecular complexity index is 967. The van der Waals surface area contributed by atoms with Crippen molar-refractivity contribution >= 4 is 21.8 Å². The van der Waals surface area contributed by atoms with Gasteiger partial charge in [-0.25, -0.2) is 13.4 Å². The molecule has 2 heterocycles. The summed E-state index contributed by atoms with van der Waals surface area (Å²) in [5.74, 6) is -0.837. The van der Waals surface area contributed by atoms with E-state index in [0.717, 1.165) is 4.31 Å². The first kappa shape index (κ1) is 18.1. The highest BCUT2D eigenvalue weighted by Crippen LogP contribution is 2.30. The van der Waals surface area contributed by atoms with Gasteiger partial charge in [0.1, 0.15) is 11.2 Å². The molecule has 1 aromatic carbocycles. The molecule has 0 unspecified atom stereocenters. The number of carbonyl (C=O) groups excluding carboxylic acids is 2. The van der Waals surface area contributed by atoms with Gasteiger partial charge in [0.25, 0.3) is 5.91 Å². The third kappa shape index (κ3) is 2.97. The number of rotatable bonds is 4. The fraction of sp³-hybridized carbons (Fsp3) is 0.312. The van der Waals surface area contributed by atoms with Crippen LogP contribution in [0.5, 0.6) is 0 Å². The second-order valence-corrected chi connectivity index (χ2v) is 7.59. The number of hydrogen-bond acceptors (Lipinski definition) is 5. The van der Waals surface area contributed by atoms with Crippen molar-refractivity contribution < 1.29 is 18.0 Å². The molecule has 138 valence electrons. The number of carbonyl (C=O) groups is 2. The van der Waals surface area contributed by atoms with Gasteiger partial charge < -0.3 is 10.6 Å². The number of nitrogens with one attached hydrogen (secondary N) is 2. The minimum absolute atomic E-state index is 0.0579.